The molecular formula is C13H15ClFN3OS. The molecule has 0 spiro atoms. The fourth-order valence-electron chi connectivity index (χ4n) is 1.88. The molecule has 0 aliphatic carbocycles. The Hall–Kier alpha value is -1.40. The van der Waals surface area contributed by atoms with Crippen LogP contribution < -0.4 is 0 Å². The lowest BCUT2D eigenvalue weighted by molar-refractivity contribution is 0.521. The van der Waals surface area contributed by atoms with Crippen molar-refractivity contribution in [3.05, 3.63) is 47.0 Å². The summed E-state index contributed by atoms with van der Waals surface area (Å²) in [5.74, 6) is -0.381. The van der Waals surface area contributed by atoms with Gasteiger partial charge in [0, 0.05) is 32.8 Å². The third kappa shape index (κ3) is 3.37. The van der Waals surface area contributed by atoms with Crippen LogP contribution >= 0.6 is 11.6 Å². The summed E-state index contributed by atoms with van der Waals surface area (Å²) in [5.41, 5.74) is 0.872. The van der Waals surface area contributed by atoms with Crippen LogP contribution in [-0.4, -0.2) is 26.5 Å². The molecule has 0 fully saturated rings. The summed E-state index contributed by atoms with van der Waals surface area (Å²) in [5, 5.41) is 4.48. The Morgan fingerprint density at radius 1 is 1.45 bits per heavy atom. The van der Waals surface area contributed by atoms with Gasteiger partial charge in [-0.1, -0.05) is 17.7 Å². The van der Waals surface area contributed by atoms with Crippen LogP contribution in [0.5, 0.6) is 0 Å². The third-order valence-corrected chi connectivity index (χ3v) is 3.71. The lowest BCUT2D eigenvalue weighted by Crippen LogP contribution is -2.09. The van der Waals surface area contributed by atoms with Crippen molar-refractivity contribution in [3.63, 3.8) is 0 Å². The topological polar surface area (TPSA) is 47.2 Å². The second-order valence-electron chi connectivity index (χ2n) is 4.76. The lowest BCUT2D eigenvalue weighted by atomic mass is 10.1. The maximum atomic E-state index is 13.9. The number of halogens is 2. The minimum absolute atomic E-state index is 0.348. The van der Waals surface area contributed by atoms with Crippen molar-refractivity contribution in [2.75, 3.05) is 12.5 Å². The van der Waals surface area contributed by atoms with Gasteiger partial charge >= 0.3 is 0 Å². The summed E-state index contributed by atoms with van der Waals surface area (Å²) in [7, 11) is -2.25. The van der Waals surface area contributed by atoms with E-state index < -0.39 is 9.73 Å². The molecule has 1 unspecified atom stereocenters. The molecule has 2 rings (SSSR count). The second-order valence-corrected chi connectivity index (χ2v) is 7.71. The van der Waals surface area contributed by atoms with Gasteiger partial charge in [0.1, 0.15) is 11.5 Å². The van der Waals surface area contributed by atoms with Crippen molar-refractivity contribution in [2.24, 2.45) is 4.36 Å². The minimum Gasteiger partial charge on any atom is -0.263 e. The fourth-order valence-corrected chi connectivity index (χ4v) is 2.81. The van der Waals surface area contributed by atoms with E-state index in [9.17, 15) is 8.60 Å². The Balaban J connectivity index is 2.40. The van der Waals surface area contributed by atoms with E-state index in [-0.39, 0.29) is 11.9 Å². The molecule has 0 radical (unpaired) electrons. The van der Waals surface area contributed by atoms with Crippen LogP contribution in [0.1, 0.15) is 18.5 Å². The van der Waals surface area contributed by atoms with E-state index in [1.165, 1.54) is 12.3 Å². The molecule has 1 atom stereocenters. The normalized spacial score (nSPS) is 13.2. The highest BCUT2D eigenvalue weighted by Gasteiger charge is 2.17. The van der Waals surface area contributed by atoms with Gasteiger partial charge in [-0.15, -0.1) is 0 Å². The fraction of sp³-hybridized carbons (Fsp3) is 0.308. The van der Waals surface area contributed by atoms with Crippen LogP contribution in [0.2, 0.25) is 5.02 Å². The Labute approximate surface area is 122 Å². The van der Waals surface area contributed by atoms with E-state index in [4.69, 9.17) is 11.6 Å². The minimum atomic E-state index is -2.25. The Bertz CT molecular complexity index is 722. The SMILES string of the molecule is CC(c1c(F)cccc1Cl)n1cc(N=S(C)(C)=O)cn1. The molecule has 2 aromatic rings. The molecule has 20 heavy (non-hydrogen) atoms. The number of hydrogen-bond acceptors (Lipinski definition) is 3. The number of rotatable bonds is 3. The first-order valence-corrected chi connectivity index (χ1v) is 8.64. The van der Waals surface area contributed by atoms with Crippen molar-refractivity contribution in [1.82, 2.24) is 9.78 Å². The molecule has 0 bridgehead atoms. The average Bonchev–Trinajstić information content (AvgIpc) is 2.74. The van der Waals surface area contributed by atoms with Crippen LogP contribution in [0.15, 0.2) is 35.0 Å². The molecule has 1 aromatic carbocycles. The first-order chi connectivity index (χ1) is 9.28. The summed E-state index contributed by atoms with van der Waals surface area (Å²) >= 11 is 6.04. The van der Waals surface area contributed by atoms with Crippen molar-refractivity contribution in [2.45, 2.75) is 13.0 Å². The molecule has 0 N–H and O–H groups in total. The summed E-state index contributed by atoms with van der Waals surface area (Å²) < 4.78 is 31.1. The van der Waals surface area contributed by atoms with Gasteiger partial charge in [0.25, 0.3) is 0 Å². The van der Waals surface area contributed by atoms with Crippen LogP contribution in [0, 0.1) is 5.82 Å². The van der Waals surface area contributed by atoms with Gasteiger partial charge in [-0.3, -0.25) is 4.68 Å². The van der Waals surface area contributed by atoms with Crippen LogP contribution in [-0.2, 0) is 9.73 Å². The molecule has 0 saturated heterocycles. The Kier molecular flexibility index (Phi) is 4.15. The quantitative estimate of drug-likeness (QED) is 0.868. The first kappa shape index (κ1) is 15.0. The summed E-state index contributed by atoms with van der Waals surface area (Å²) in [4.78, 5) is 0. The number of nitrogens with zero attached hydrogens (tertiary/aromatic N) is 3. The number of benzene rings is 1. The third-order valence-electron chi connectivity index (χ3n) is 2.73. The standard InChI is InChI=1S/C13H15ClFN3OS/c1-9(13-11(14)5-4-6-12(13)15)18-8-10(7-16-18)17-20(2,3)19/h4-9H,1-3H3. The van der Waals surface area contributed by atoms with Gasteiger partial charge in [0.2, 0.25) is 0 Å². The molecule has 0 aliphatic heterocycles. The van der Waals surface area contributed by atoms with Crippen molar-refractivity contribution in [3.8, 4) is 0 Å². The first-order valence-electron chi connectivity index (χ1n) is 5.93. The van der Waals surface area contributed by atoms with E-state index in [0.29, 0.717) is 16.3 Å². The van der Waals surface area contributed by atoms with Crippen LogP contribution in [0.3, 0.4) is 0 Å². The highest BCUT2D eigenvalue weighted by atomic mass is 35.5. The largest absolute Gasteiger partial charge is 0.263 e. The predicted molar refractivity (Wildman–Crippen MR) is 79.5 cm³/mol. The summed E-state index contributed by atoms with van der Waals surface area (Å²) in [6.45, 7) is 1.79. The van der Waals surface area contributed by atoms with E-state index in [0.717, 1.165) is 0 Å². The van der Waals surface area contributed by atoms with E-state index >= 15 is 0 Å². The molecule has 4 nitrogen and oxygen atoms in total. The van der Waals surface area contributed by atoms with Crippen molar-refractivity contribution < 1.29 is 8.60 Å². The lowest BCUT2D eigenvalue weighted by Gasteiger charge is -2.14. The predicted octanol–water partition coefficient (Wildman–Crippen LogP) is 3.64. The zero-order valence-electron chi connectivity index (χ0n) is 11.4. The van der Waals surface area contributed by atoms with Crippen LogP contribution in [0.4, 0.5) is 10.1 Å². The Morgan fingerprint density at radius 3 is 2.75 bits per heavy atom. The highest BCUT2D eigenvalue weighted by Crippen LogP contribution is 2.29. The molecular weight excluding hydrogens is 301 g/mol. The zero-order chi connectivity index (χ0) is 14.9. The van der Waals surface area contributed by atoms with Gasteiger partial charge in [0.15, 0.2) is 0 Å². The molecule has 7 heteroatoms. The molecule has 1 aromatic heterocycles. The monoisotopic (exact) mass is 315 g/mol. The molecule has 108 valence electrons. The van der Waals surface area contributed by atoms with Gasteiger partial charge in [0.05, 0.1) is 18.4 Å². The molecule has 0 saturated carbocycles. The second kappa shape index (κ2) is 5.54. The van der Waals surface area contributed by atoms with Crippen LogP contribution in [0.25, 0.3) is 0 Å². The Morgan fingerprint density at radius 2 is 2.15 bits per heavy atom. The summed E-state index contributed by atoms with van der Waals surface area (Å²) in [6, 6.07) is 4.17. The molecule has 1 heterocycles. The zero-order valence-corrected chi connectivity index (χ0v) is 13.0. The van der Waals surface area contributed by atoms with Crippen molar-refractivity contribution >= 4 is 27.0 Å². The van der Waals surface area contributed by atoms with Gasteiger partial charge in [-0.2, -0.15) is 9.46 Å². The van der Waals surface area contributed by atoms with Gasteiger partial charge in [-0.05, 0) is 19.1 Å². The average molecular weight is 316 g/mol. The number of hydrogen-bond donors (Lipinski definition) is 0. The van der Waals surface area contributed by atoms with E-state index in [1.54, 1.807) is 42.4 Å². The van der Waals surface area contributed by atoms with Crippen molar-refractivity contribution in [1.29, 1.82) is 0 Å². The van der Waals surface area contributed by atoms with Gasteiger partial charge in [-0.25, -0.2) is 8.60 Å². The maximum Gasteiger partial charge on any atom is 0.130 e. The van der Waals surface area contributed by atoms with E-state index in [1.807, 2.05) is 0 Å². The maximum absolute atomic E-state index is 13.9. The smallest absolute Gasteiger partial charge is 0.130 e. The van der Waals surface area contributed by atoms with E-state index in [2.05, 4.69) is 9.46 Å². The number of aromatic nitrogens is 2. The van der Waals surface area contributed by atoms with Gasteiger partial charge < -0.3 is 0 Å². The molecule has 0 amide bonds. The molecule has 0 aliphatic rings. The highest BCUT2D eigenvalue weighted by molar-refractivity contribution is 7.92. The summed E-state index contributed by atoms with van der Waals surface area (Å²) in [6.07, 6.45) is 6.21.